The Bertz CT molecular complexity index is 436. The lowest BCUT2D eigenvalue weighted by Gasteiger charge is -2.31. The van der Waals surface area contributed by atoms with Gasteiger partial charge in [-0.25, -0.2) is 4.98 Å². The van der Waals surface area contributed by atoms with Gasteiger partial charge >= 0.3 is 0 Å². The minimum atomic E-state index is 0.397. The number of aryl methyl sites for hydroxylation is 1. The number of fused-ring (bicyclic) bond motifs is 2. The van der Waals surface area contributed by atoms with Gasteiger partial charge in [0.05, 0.1) is 17.9 Å². The first-order chi connectivity index (χ1) is 9.17. The third-order valence-corrected chi connectivity index (χ3v) is 5.44. The third-order valence-electron chi connectivity index (χ3n) is 4.04. The highest BCUT2D eigenvalue weighted by molar-refractivity contribution is 7.15. The molecule has 4 nitrogen and oxygen atoms in total. The molecule has 0 radical (unpaired) electrons. The smallest absolute Gasteiger partial charge is 0.186 e. The number of anilines is 1. The maximum Gasteiger partial charge on any atom is 0.186 e. The molecule has 1 N–H and O–H groups in total. The highest BCUT2D eigenvalue weighted by Gasteiger charge is 2.35. The fraction of sp³-hybridized carbons (Fsp3) is 0.786. The van der Waals surface area contributed by atoms with Crippen molar-refractivity contribution in [3.63, 3.8) is 0 Å². The molecule has 0 spiro atoms. The third kappa shape index (κ3) is 2.64. The van der Waals surface area contributed by atoms with Crippen LogP contribution < -0.4 is 10.2 Å². The second kappa shape index (κ2) is 5.38. The molecule has 2 fully saturated rings. The van der Waals surface area contributed by atoms with Gasteiger partial charge in [0.1, 0.15) is 0 Å². The molecule has 0 saturated carbocycles. The second-order valence-corrected chi connectivity index (χ2v) is 6.60. The van der Waals surface area contributed by atoms with Gasteiger partial charge in [0.2, 0.25) is 0 Å². The quantitative estimate of drug-likeness (QED) is 0.920. The van der Waals surface area contributed by atoms with E-state index in [0.717, 1.165) is 19.6 Å². The summed E-state index contributed by atoms with van der Waals surface area (Å²) in [5, 5.41) is 4.65. The first-order valence-electron chi connectivity index (χ1n) is 7.28. The molecule has 2 saturated heterocycles. The summed E-state index contributed by atoms with van der Waals surface area (Å²) in [5.41, 5.74) is 1.17. The summed E-state index contributed by atoms with van der Waals surface area (Å²) < 4.78 is 5.89. The van der Waals surface area contributed by atoms with Crippen LogP contribution in [0.15, 0.2) is 0 Å². The van der Waals surface area contributed by atoms with Gasteiger partial charge < -0.3 is 15.0 Å². The van der Waals surface area contributed by atoms with Gasteiger partial charge in [-0.15, -0.1) is 11.3 Å². The Labute approximate surface area is 119 Å². The number of rotatable bonds is 4. The normalized spacial score (nSPS) is 27.8. The van der Waals surface area contributed by atoms with E-state index < -0.39 is 0 Å². The van der Waals surface area contributed by atoms with Crippen molar-refractivity contribution in [2.24, 2.45) is 0 Å². The summed E-state index contributed by atoms with van der Waals surface area (Å²) in [6.45, 7) is 9.51. The van der Waals surface area contributed by atoms with E-state index in [1.807, 2.05) is 11.3 Å². The van der Waals surface area contributed by atoms with Gasteiger partial charge in [-0.2, -0.15) is 0 Å². The van der Waals surface area contributed by atoms with Gasteiger partial charge in [0.15, 0.2) is 5.13 Å². The summed E-state index contributed by atoms with van der Waals surface area (Å²) in [5.74, 6) is 0. The summed E-state index contributed by atoms with van der Waals surface area (Å²) in [6, 6.07) is 0.397. The molecule has 3 rings (SSSR count). The van der Waals surface area contributed by atoms with Crippen molar-refractivity contribution in [3.05, 3.63) is 10.6 Å². The van der Waals surface area contributed by atoms with Crippen LogP contribution in [0.25, 0.3) is 0 Å². The van der Waals surface area contributed by atoms with Gasteiger partial charge in [-0.3, -0.25) is 0 Å². The Morgan fingerprint density at radius 2 is 2.11 bits per heavy atom. The largest absolute Gasteiger partial charge is 0.371 e. The van der Waals surface area contributed by atoms with Crippen molar-refractivity contribution in [3.8, 4) is 0 Å². The summed E-state index contributed by atoms with van der Waals surface area (Å²) in [7, 11) is 0. The molecule has 2 bridgehead atoms. The predicted molar refractivity (Wildman–Crippen MR) is 79.1 cm³/mol. The zero-order valence-electron chi connectivity index (χ0n) is 12.0. The lowest BCUT2D eigenvalue weighted by atomic mass is 10.2. The summed E-state index contributed by atoms with van der Waals surface area (Å²) in [4.78, 5) is 8.58. The molecule has 1 aromatic rings. The topological polar surface area (TPSA) is 37.4 Å². The molecule has 0 amide bonds. The van der Waals surface area contributed by atoms with Gasteiger partial charge in [-0.05, 0) is 33.2 Å². The average Bonchev–Trinajstić information content (AvgIpc) is 2.93. The molecular formula is C14H23N3OS. The van der Waals surface area contributed by atoms with E-state index in [1.54, 1.807) is 0 Å². The zero-order chi connectivity index (χ0) is 13.4. The molecule has 0 aliphatic carbocycles. The molecule has 1 aromatic heterocycles. The van der Waals surface area contributed by atoms with Crippen LogP contribution in [0.4, 0.5) is 5.13 Å². The lowest BCUT2D eigenvalue weighted by Crippen LogP contribution is -2.42. The molecule has 3 unspecified atom stereocenters. The molecule has 3 atom stereocenters. The zero-order valence-corrected chi connectivity index (χ0v) is 12.8. The first kappa shape index (κ1) is 13.3. The van der Waals surface area contributed by atoms with Crippen LogP contribution in [-0.2, 0) is 4.74 Å². The number of hydrogen-bond acceptors (Lipinski definition) is 5. The van der Waals surface area contributed by atoms with Crippen LogP contribution in [0.1, 0.15) is 43.3 Å². The van der Waals surface area contributed by atoms with Crippen molar-refractivity contribution in [2.75, 3.05) is 24.5 Å². The minimum absolute atomic E-state index is 0.397. The Hall–Kier alpha value is -0.650. The van der Waals surface area contributed by atoms with Crippen molar-refractivity contribution in [1.82, 2.24) is 10.3 Å². The van der Waals surface area contributed by atoms with Crippen LogP contribution in [-0.4, -0.2) is 36.8 Å². The standard InChI is InChI=1S/C14H23N3OS/c1-4-15-9(2)13-10(3)16-14(19-13)17-7-11-5-6-12(8-17)18-11/h9,11-12,15H,4-8H2,1-3H3. The molecule has 3 heterocycles. The van der Waals surface area contributed by atoms with E-state index >= 15 is 0 Å². The Balaban J connectivity index is 1.76. The van der Waals surface area contributed by atoms with Gasteiger partial charge in [0, 0.05) is 24.0 Å². The first-order valence-corrected chi connectivity index (χ1v) is 8.10. The Morgan fingerprint density at radius 3 is 2.74 bits per heavy atom. The maximum absolute atomic E-state index is 5.89. The average molecular weight is 281 g/mol. The summed E-state index contributed by atoms with van der Waals surface area (Å²) in [6.07, 6.45) is 3.29. The minimum Gasteiger partial charge on any atom is -0.371 e. The lowest BCUT2D eigenvalue weighted by molar-refractivity contribution is 0.0305. The van der Waals surface area contributed by atoms with Crippen molar-refractivity contribution < 1.29 is 4.74 Å². The number of morpholine rings is 1. The van der Waals surface area contributed by atoms with E-state index in [1.165, 1.54) is 28.5 Å². The number of hydrogen-bond donors (Lipinski definition) is 1. The maximum atomic E-state index is 5.89. The number of thiazole rings is 1. The highest BCUT2D eigenvalue weighted by Crippen LogP contribution is 2.35. The number of nitrogens with zero attached hydrogens (tertiary/aromatic N) is 2. The SMILES string of the molecule is CCNC(C)c1sc(N2CC3CCC(C2)O3)nc1C. The molecule has 2 aliphatic rings. The van der Waals surface area contributed by atoms with Crippen molar-refractivity contribution in [2.45, 2.75) is 51.9 Å². The van der Waals surface area contributed by atoms with E-state index in [-0.39, 0.29) is 0 Å². The highest BCUT2D eigenvalue weighted by atomic mass is 32.1. The number of ether oxygens (including phenoxy) is 1. The molecule has 106 valence electrons. The van der Waals surface area contributed by atoms with Gasteiger partial charge in [0.25, 0.3) is 0 Å². The molecule has 0 aromatic carbocycles. The molecule has 2 aliphatic heterocycles. The number of nitrogens with one attached hydrogen (secondary N) is 1. The predicted octanol–water partition coefficient (Wildman–Crippen LogP) is 2.49. The van der Waals surface area contributed by atoms with Crippen LogP contribution in [0, 0.1) is 6.92 Å². The monoisotopic (exact) mass is 281 g/mol. The van der Waals surface area contributed by atoms with E-state index in [9.17, 15) is 0 Å². The molecular weight excluding hydrogens is 258 g/mol. The van der Waals surface area contributed by atoms with Crippen LogP contribution in [0.5, 0.6) is 0 Å². The van der Waals surface area contributed by atoms with Crippen LogP contribution in [0.2, 0.25) is 0 Å². The van der Waals surface area contributed by atoms with Gasteiger partial charge in [-0.1, -0.05) is 6.92 Å². The molecule has 5 heteroatoms. The Morgan fingerprint density at radius 1 is 1.42 bits per heavy atom. The van der Waals surface area contributed by atoms with Crippen LogP contribution in [0.3, 0.4) is 0 Å². The van der Waals surface area contributed by atoms with Crippen LogP contribution >= 0.6 is 11.3 Å². The van der Waals surface area contributed by atoms with Crippen molar-refractivity contribution >= 4 is 16.5 Å². The fourth-order valence-electron chi connectivity index (χ4n) is 3.10. The summed E-state index contributed by atoms with van der Waals surface area (Å²) >= 11 is 1.84. The Kier molecular flexibility index (Phi) is 3.78. The number of aromatic nitrogens is 1. The molecule has 19 heavy (non-hydrogen) atoms. The fourth-order valence-corrected chi connectivity index (χ4v) is 4.21. The van der Waals surface area contributed by atoms with E-state index in [2.05, 4.69) is 31.0 Å². The van der Waals surface area contributed by atoms with E-state index in [4.69, 9.17) is 9.72 Å². The van der Waals surface area contributed by atoms with Crippen molar-refractivity contribution in [1.29, 1.82) is 0 Å². The van der Waals surface area contributed by atoms with E-state index in [0.29, 0.717) is 18.2 Å². The second-order valence-electron chi connectivity index (χ2n) is 5.59.